The maximum absolute atomic E-state index is 5.54. The highest BCUT2D eigenvalue weighted by Crippen LogP contribution is 2.38. The highest BCUT2D eigenvalue weighted by Gasteiger charge is 2.26. The number of ether oxygens (including phenoxy) is 2. The van der Waals surface area contributed by atoms with E-state index in [0.29, 0.717) is 12.8 Å². The van der Waals surface area contributed by atoms with E-state index in [-0.39, 0.29) is 0 Å². The molecule has 1 N–H and O–H groups in total. The van der Waals surface area contributed by atoms with Gasteiger partial charge in [0, 0.05) is 31.1 Å². The molecule has 110 valence electrons. The minimum absolute atomic E-state index is 0.307. The molecule has 1 fully saturated rings. The second kappa shape index (κ2) is 5.67. The Hall–Kier alpha value is -1.56. The molecule has 2 aliphatic heterocycles. The quantitative estimate of drug-likeness (QED) is 0.944. The largest absolute Gasteiger partial charge is 0.454 e. The predicted octanol–water partition coefficient (Wildman–Crippen LogP) is 2.47. The van der Waals surface area contributed by atoms with Crippen molar-refractivity contribution in [1.82, 2.24) is 10.2 Å². The maximum atomic E-state index is 5.54. The zero-order valence-electron chi connectivity index (χ0n) is 11.7. The van der Waals surface area contributed by atoms with Gasteiger partial charge in [-0.05, 0) is 29.1 Å². The predicted molar refractivity (Wildman–Crippen MR) is 83.2 cm³/mol. The third kappa shape index (κ3) is 2.52. The van der Waals surface area contributed by atoms with Crippen LogP contribution in [0, 0.1) is 0 Å². The van der Waals surface area contributed by atoms with Crippen LogP contribution in [0.25, 0.3) is 0 Å². The molecule has 1 aromatic heterocycles. The van der Waals surface area contributed by atoms with Gasteiger partial charge in [0.1, 0.15) is 0 Å². The SMILES string of the molecule is c1csc([C@H](c2ccc3c(c2)OCO3)N2CCNCC2)c1. The first-order valence-corrected chi connectivity index (χ1v) is 8.17. The van der Waals surface area contributed by atoms with Gasteiger partial charge in [-0.15, -0.1) is 11.3 Å². The Labute approximate surface area is 128 Å². The second-order valence-electron chi connectivity index (χ2n) is 5.32. The molecule has 0 saturated carbocycles. The second-order valence-corrected chi connectivity index (χ2v) is 6.30. The first-order valence-electron chi connectivity index (χ1n) is 7.29. The molecule has 1 atom stereocenters. The van der Waals surface area contributed by atoms with Crippen LogP contribution in [-0.2, 0) is 0 Å². The van der Waals surface area contributed by atoms with Crippen LogP contribution in [0.15, 0.2) is 35.7 Å². The lowest BCUT2D eigenvalue weighted by atomic mass is 10.0. The molecule has 4 rings (SSSR count). The molecular formula is C16H18N2O2S. The van der Waals surface area contributed by atoms with Gasteiger partial charge in [0.2, 0.25) is 6.79 Å². The summed E-state index contributed by atoms with van der Waals surface area (Å²) < 4.78 is 11.0. The third-order valence-corrected chi connectivity index (χ3v) is 4.97. The van der Waals surface area contributed by atoms with E-state index in [1.165, 1.54) is 10.4 Å². The Bertz CT molecular complexity index is 609. The first-order chi connectivity index (χ1) is 10.4. The number of benzene rings is 1. The lowest BCUT2D eigenvalue weighted by molar-refractivity contribution is 0.173. The summed E-state index contributed by atoms with van der Waals surface area (Å²) in [5.74, 6) is 1.72. The number of rotatable bonds is 3. The fourth-order valence-corrected chi connectivity index (χ4v) is 3.91. The summed E-state index contributed by atoms with van der Waals surface area (Å²) >= 11 is 1.82. The Morgan fingerprint density at radius 2 is 1.95 bits per heavy atom. The number of thiophene rings is 1. The van der Waals surface area contributed by atoms with Crippen LogP contribution < -0.4 is 14.8 Å². The van der Waals surface area contributed by atoms with Crippen LogP contribution in [0.3, 0.4) is 0 Å². The van der Waals surface area contributed by atoms with E-state index in [1.54, 1.807) is 0 Å². The van der Waals surface area contributed by atoms with Crippen molar-refractivity contribution in [2.24, 2.45) is 0 Å². The summed E-state index contributed by atoms with van der Waals surface area (Å²) in [5, 5.41) is 5.58. The summed E-state index contributed by atoms with van der Waals surface area (Å²) in [6.45, 7) is 4.56. The van der Waals surface area contributed by atoms with Gasteiger partial charge in [0.05, 0.1) is 6.04 Å². The van der Waals surface area contributed by atoms with E-state index in [4.69, 9.17) is 9.47 Å². The van der Waals surface area contributed by atoms with Crippen LogP contribution in [0.5, 0.6) is 11.5 Å². The molecule has 0 aliphatic carbocycles. The Balaban J connectivity index is 1.71. The van der Waals surface area contributed by atoms with E-state index in [1.807, 2.05) is 17.4 Å². The summed E-state index contributed by atoms with van der Waals surface area (Å²) in [4.78, 5) is 3.93. The molecule has 3 heterocycles. The van der Waals surface area contributed by atoms with Crippen molar-refractivity contribution in [1.29, 1.82) is 0 Å². The summed E-state index contributed by atoms with van der Waals surface area (Å²) in [5.41, 5.74) is 1.28. The Kier molecular flexibility index (Phi) is 3.55. The summed E-state index contributed by atoms with van der Waals surface area (Å²) in [6.07, 6.45) is 0. The highest BCUT2D eigenvalue weighted by atomic mass is 32.1. The van der Waals surface area contributed by atoms with Gasteiger partial charge >= 0.3 is 0 Å². The molecule has 5 heteroatoms. The van der Waals surface area contributed by atoms with Gasteiger partial charge in [-0.25, -0.2) is 0 Å². The monoisotopic (exact) mass is 302 g/mol. The number of nitrogens with zero attached hydrogens (tertiary/aromatic N) is 1. The van der Waals surface area contributed by atoms with Crippen LogP contribution in [0.1, 0.15) is 16.5 Å². The van der Waals surface area contributed by atoms with Gasteiger partial charge in [0.25, 0.3) is 0 Å². The maximum Gasteiger partial charge on any atom is 0.231 e. The van der Waals surface area contributed by atoms with E-state index in [9.17, 15) is 0 Å². The van der Waals surface area contributed by atoms with Gasteiger partial charge < -0.3 is 14.8 Å². The topological polar surface area (TPSA) is 33.7 Å². The van der Waals surface area contributed by atoms with Crippen LogP contribution in [0.4, 0.5) is 0 Å². The number of hydrogen-bond acceptors (Lipinski definition) is 5. The number of nitrogens with one attached hydrogen (secondary N) is 1. The van der Waals surface area contributed by atoms with E-state index in [0.717, 1.165) is 37.7 Å². The lowest BCUT2D eigenvalue weighted by Gasteiger charge is -2.34. The molecule has 0 spiro atoms. The van der Waals surface area contributed by atoms with Crippen molar-refractivity contribution in [3.63, 3.8) is 0 Å². The molecule has 0 unspecified atom stereocenters. The van der Waals surface area contributed by atoms with Crippen molar-refractivity contribution < 1.29 is 9.47 Å². The standard InChI is InChI=1S/C16H18N2O2S/c1-2-15(21-9-1)16(18-7-5-17-6-8-18)12-3-4-13-14(10-12)20-11-19-13/h1-4,9-10,16-17H,5-8,11H2/t16-/m0/s1. The van der Waals surface area contributed by atoms with E-state index in [2.05, 4.69) is 39.9 Å². The molecule has 2 aliphatic rings. The van der Waals surface area contributed by atoms with Crippen LogP contribution >= 0.6 is 11.3 Å². The summed E-state index contributed by atoms with van der Waals surface area (Å²) in [7, 11) is 0. The van der Waals surface area contributed by atoms with Crippen LogP contribution in [-0.4, -0.2) is 37.9 Å². The van der Waals surface area contributed by atoms with Crippen molar-refractivity contribution in [3.8, 4) is 11.5 Å². The highest BCUT2D eigenvalue weighted by molar-refractivity contribution is 7.10. The third-order valence-electron chi connectivity index (χ3n) is 4.04. The molecule has 0 amide bonds. The number of piperazine rings is 1. The zero-order chi connectivity index (χ0) is 14.1. The Morgan fingerprint density at radius 1 is 1.10 bits per heavy atom. The van der Waals surface area contributed by atoms with Crippen molar-refractivity contribution in [2.75, 3.05) is 33.0 Å². The number of fused-ring (bicyclic) bond motifs is 1. The van der Waals surface area contributed by atoms with Crippen molar-refractivity contribution >= 4 is 11.3 Å². The average molecular weight is 302 g/mol. The van der Waals surface area contributed by atoms with Gasteiger partial charge in [0.15, 0.2) is 11.5 Å². The number of hydrogen-bond donors (Lipinski definition) is 1. The minimum atomic E-state index is 0.307. The average Bonchev–Trinajstić information content (AvgIpc) is 3.19. The zero-order valence-corrected chi connectivity index (χ0v) is 12.6. The molecule has 0 bridgehead atoms. The van der Waals surface area contributed by atoms with Gasteiger partial charge in [-0.1, -0.05) is 12.1 Å². The fourth-order valence-electron chi connectivity index (χ4n) is 3.03. The van der Waals surface area contributed by atoms with Crippen molar-refractivity contribution in [3.05, 3.63) is 46.2 Å². The normalized spacial score (nSPS) is 19.6. The fraction of sp³-hybridized carbons (Fsp3) is 0.375. The molecule has 4 nitrogen and oxygen atoms in total. The van der Waals surface area contributed by atoms with E-state index >= 15 is 0 Å². The minimum Gasteiger partial charge on any atom is -0.454 e. The van der Waals surface area contributed by atoms with Crippen molar-refractivity contribution in [2.45, 2.75) is 6.04 Å². The molecule has 1 saturated heterocycles. The molecule has 1 aromatic carbocycles. The molecule has 2 aromatic rings. The van der Waals surface area contributed by atoms with Crippen LogP contribution in [0.2, 0.25) is 0 Å². The smallest absolute Gasteiger partial charge is 0.231 e. The molecular weight excluding hydrogens is 284 g/mol. The first kappa shape index (κ1) is 13.1. The lowest BCUT2D eigenvalue weighted by Crippen LogP contribution is -2.45. The molecule has 21 heavy (non-hydrogen) atoms. The van der Waals surface area contributed by atoms with E-state index < -0.39 is 0 Å². The summed E-state index contributed by atoms with van der Waals surface area (Å²) in [6, 6.07) is 11.0. The van der Waals surface area contributed by atoms with Gasteiger partial charge in [-0.3, -0.25) is 4.90 Å². The Morgan fingerprint density at radius 3 is 2.76 bits per heavy atom. The van der Waals surface area contributed by atoms with Gasteiger partial charge in [-0.2, -0.15) is 0 Å². The molecule has 0 radical (unpaired) electrons.